The largest absolute Gasteiger partial charge is 0.433 e. The molecule has 2 rings (SSSR count). The Morgan fingerprint density at radius 2 is 1.90 bits per heavy atom. The van der Waals surface area contributed by atoms with Gasteiger partial charge >= 0.3 is 5.69 Å². The Balaban J connectivity index is 2.42. The number of hydrogen-bond acceptors (Lipinski definition) is 6. The molecule has 0 atom stereocenters. The number of nitrogens with zero attached hydrogens (tertiary/aromatic N) is 3. The number of nitro benzene ring substituents is 1. The summed E-state index contributed by atoms with van der Waals surface area (Å²) in [5, 5.41) is 10.4. The first-order valence-electron chi connectivity index (χ1n) is 4.98. The van der Waals surface area contributed by atoms with Crippen LogP contribution in [0.2, 0.25) is 0 Å². The standard InChI is InChI=1S/C10H5F3N4O3/c11-4-2-8(5(12)1-7(4)17(18)19)20-9-6(13)3-15-10(14)16-9/h1-3H,(H2,14,15,16). The number of nitro groups is 1. The van der Waals surface area contributed by atoms with Gasteiger partial charge in [-0.15, -0.1) is 0 Å². The molecule has 0 bridgehead atoms. The molecule has 0 saturated heterocycles. The molecule has 1 aromatic heterocycles. The molecule has 0 fully saturated rings. The SMILES string of the molecule is Nc1ncc(F)c(Oc2cc(F)c([N+](=O)[O-])cc2F)n1. The highest BCUT2D eigenvalue weighted by atomic mass is 19.1. The van der Waals surface area contributed by atoms with E-state index in [0.717, 1.165) is 0 Å². The van der Waals surface area contributed by atoms with Crippen molar-refractivity contribution in [3.8, 4) is 11.6 Å². The van der Waals surface area contributed by atoms with Crippen LogP contribution in [-0.4, -0.2) is 14.9 Å². The molecule has 0 aliphatic heterocycles. The summed E-state index contributed by atoms with van der Waals surface area (Å²) in [6, 6.07) is 0.721. The molecule has 2 aromatic rings. The minimum atomic E-state index is -1.34. The maximum atomic E-state index is 13.5. The average Bonchev–Trinajstić information content (AvgIpc) is 2.37. The van der Waals surface area contributed by atoms with Crippen molar-refractivity contribution in [3.63, 3.8) is 0 Å². The van der Waals surface area contributed by atoms with Gasteiger partial charge in [-0.3, -0.25) is 10.1 Å². The Bertz CT molecular complexity index is 696. The van der Waals surface area contributed by atoms with Crippen molar-refractivity contribution < 1.29 is 22.8 Å². The lowest BCUT2D eigenvalue weighted by atomic mass is 10.3. The average molecular weight is 286 g/mol. The van der Waals surface area contributed by atoms with E-state index in [2.05, 4.69) is 9.97 Å². The van der Waals surface area contributed by atoms with Gasteiger partial charge in [-0.05, 0) is 0 Å². The monoisotopic (exact) mass is 286 g/mol. The number of aromatic nitrogens is 2. The molecule has 1 heterocycles. The van der Waals surface area contributed by atoms with Gasteiger partial charge in [0.1, 0.15) is 0 Å². The smallest absolute Gasteiger partial charge is 0.307 e. The van der Waals surface area contributed by atoms with E-state index >= 15 is 0 Å². The number of halogens is 3. The lowest BCUT2D eigenvalue weighted by molar-refractivity contribution is -0.387. The summed E-state index contributed by atoms with van der Waals surface area (Å²) in [6.07, 6.45) is 0.678. The van der Waals surface area contributed by atoms with Gasteiger partial charge in [-0.2, -0.15) is 13.8 Å². The van der Waals surface area contributed by atoms with Gasteiger partial charge in [0.25, 0.3) is 5.88 Å². The van der Waals surface area contributed by atoms with Gasteiger partial charge in [0.15, 0.2) is 11.6 Å². The summed E-state index contributed by atoms with van der Waals surface area (Å²) >= 11 is 0. The molecule has 0 unspecified atom stereocenters. The Morgan fingerprint density at radius 1 is 1.20 bits per heavy atom. The maximum Gasteiger partial charge on any atom is 0.307 e. The highest BCUT2D eigenvalue weighted by Gasteiger charge is 2.21. The first-order valence-corrected chi connectivity index (χ1v) is 4.98. The molecule has 0 aliphatic carbocycles. The van der Waals surface area contributed by atoms with E-state index in [9.17, 15) is 23.3 Å². The predicted molar refractivity (Wildman–Crippen MR) is 59.5 cm³/mol. The highest BCUT2D eigenvalue weighted by Crippen LogP contribution is 2.30. The normalized spacial score (nSPS) is 10.3. The van der Waals surface area contributed by atoms with Crippen LogP contribution in [0.5, 0.6) is 11.6 Å². The van der Waals surface area contributed by atoms with Crippen molar-refractivity contribution in [2.45, 2.75) is 0 Å². The third-order valence-corrected chi connectivity index (χ3v) is 2.14. The van der Waals surface area contributed by atoms with E-state index in [1.165, 1.54) is 0 Å². The Hall–Kier alpha value is -2.91. The Kier molecular flexibility index (Phi) is 3.37. The third-order valence-electron chi connectivity index (χ3n) is 2.14. The summed E-state index contributed by atoms with van der Waals surface area (Å²) in [5.74, 6) is -5.50. The van der Waals surface area contributed by atoms with E-state index in [-0.39, 0.29) is 5.95 Å². The summed E-state index contributed by atoms with van der Waals surface area (Å²) in [7, 11) is 0. The second-order valence-electron chi connectivity index (χ2n) is 3.47. The second kappa shape index (κ2) is 4.99. The van der Waals surface area contributed by atoms with E-state index < -0.39 is 39.7 Å². The summed E-state index contributed by atoms with van der Waals surface area (Å²) < 4.78 is 44.8. The molecule has 1 aromatic carbocycles. The molecule has 10 heteroatoms. The van der Waals surface area contributed by atoms with Gasteiger partial charge < -0.3 is 10.5 Å². The number of benzene rings is 1. The quantitative estimate of drug-likeness (QED) is 0.685. The zero-order valence-electron chi connectivity index (χ0n) is 9.51. The molecule has 0 amide bonds. The fourth-order valence-corrected chi connectivity index (χ4v) is 1.28. The summed E-state index contributed by atoms with van der Waals surface area (Å²) in [5.41, 5.74) is 4.12. The van der Waals surface area contributed by atoms with Crippen LogP contribution >= 0.6 is 0 Å². The molecule has 20 heavy (non-hydrogen) atoms. The zero-order valence-corrected chi connectivity index (χ0v) is 9.51. The Labute approximate surface area is 109 Å². The van der Waals surface area contributed by atoms with Crippen molar-refractivity contribution in [1.29, 1.82) is 0 Å². The van der Waals surface area contributed by atoms with Gasteiger partial charge in [0, 0.05) is 6.07 Å². The lowest BCUT2D eigenvalue weighted by Crippen LogP contribution is -2.01. The fourth-order valence-electron chi connectivity index (χ4n) is 1.28. The zero-order chi connectivity index (χ0) is 14.9. The molecular weight excluding hydrogens is 281 g/mol. The van der Waals surface area contributed by atoms with Crippen LogP contribution in [-0.2, 0) is 0 Å². The number of anilines is 1. The van der Waals surface area contributed by atoms with Crippen LogP contribution in [0.25, 0.3) is 0 Å². The van der Waals surface area contributed by atoms with E-state index in [1.54, 1.807) is 0 Å². The van der Waals surface area contributed by atoms with E-state index in [4.69, 9.17) is 10.5 Å². The second-order valence-corrected chi connectivity index (χ2v) is 3.47. The van der Waals surface area contributed by atoms with Crippen LogP contribution in [0.15, 0.2) is 18.3 Å². The van der Waals surface area contributed by atoms with Crippen molar-refractivity contribution >= 4 is 11.6 Å². The molecule has 7 nitrogen and oxygen atoms in total. The van der Waals surface area contributed by atoms with Crippen molar-refractivity contribution in [2.75, 3.05) is 5.73 Å². The van der Waals surface area contributed by atoms with E-state index in [0.29, 0.717) is 18.3 Å². The molecular formula is C10H5F3N4O3. The Morgan fingerprint density at radius 3 is 2.55 bits per heavy atom. The van der Waals surface area contributed by atoms with Crippen molar-refractivity contribution in [1.82, 2.24) is 9.97 Å². The first kappa shape index (κ1) is 13.5. The summed E-state index contributed by atoms with van der Waals surface area (Å²) in [4.78, 5) is 16.0. The van der Waals surface area contributed by atoms with Crippen molar-refractivity contribution in [3.05, 3.63) is 45.9 Å². The highest BCUT2D eigenvalue weighted by molar-refractivity contribution is 5.41. The number of hydrogen-bond donors (Lipinski definition) is 1. The molecule has 0 aliphatic rings. The van der Waals surface area contributed by atoms with Crippen LogP contribution < -0.4 is 10.5 Å². The third kappa shape index (κ3) is 2.58. The molecule has 2 N–H and O–H groups in total. The predicted octanol–water partition coefficient (Wildman–Crippen LogP) is 2.18. The number of ether oxygens (including phenoxy) is 1. The molecule has 0 radical (unpaired) electrons. The van der Waals surface area contributed by atoms with Crippen molar-refractivity contribution in [2.24, 2.45) is 0 Å². The van der Waals surface area contributed by atoms with Crippen LogP contribution in [0.3, 0.4) is 0 Å². The topological polar surface area (TPSA) is 104 Å². The van der Waals surface area contributed by atoms with Crippen LogP contribution in [0.1, 0.15) is 0 Å². The fraction of sp³-hybridized carbons (Fsp3) is 0. The van der Waals surface area contributed by atoms with Gasteiger partial charge in [-0.1, -0.05) is 0 Å². The molecule has 104 valence electrons. The van der Waals surface area contributed by atoms with Crippen LogP contribution in [0, 0.1) is 27.6 Å². The lowest BCUT2D eigenvalue weighted by Gasteiger charge is -2.07. The van der Waals surface area contributed by atoms with E-state index in [1.807, 2.05) is 0 Å². The summed E-state index contributed by atoms with van der Waals surface area (Å²) in [6.45, 7) is 0. The van der Waals surface area contributed by atoms with Gasteiger partial charge in [0.05, 0.1) is 17.2 Å². The minimum absolute atomic E-state index is 0.313. The number of rotatable bonds is 3. The maximum absolute atomic E-state index is 13.5. The first-order chi connectivity index (χ1) is 9.38. The van der Waals surface area contributed by atoms with Gasteiger partial charge in [-0.25, -0.2) is 9.37 Å². The number of nitrogens with two attached hydrogens (primary N) is 1. The van der Waals surface area contributed by atoms with Crippen LogP contribution in [0.4, 0.5) is 24.8 Å². The molecule has 0 saturated carbocycles. The van der Waals surface area contributed by atoms with Gasteiger partial charge in [0.2, 0.25) is 17.6 Å². The molecule has 0 spiro atoms. The minimum Gasteiger partial charge on any atom is -0.433 e. The number of nitrogen functional groups attached to an aromatic ring is 1.